The van der Waals surface area contributed by atoms with E-state index in [0.29, 0.717) is 5.25 Å². The Morgan fingerprint density at radius 2 is 2.19 bits per heavy atom. The second-order valence-corrected chi connectivity index (χ2v) is 5.16. The summed E-state index contributed by atoms with van der Waals surface area (Å²) in [5, 5.41) is 0.408. The predicted molar refractivity (Wildman–Crippen MR) is 70.7 cm³/mol. The number of fused-ring (bicyclic) bond motifs is 2. The fourth-order valence-corrected chi connectivity index (χ4v) is 3.03. The molecule has 0 fully saturated rings. The number of nitrogens with zero attached hydrogens (tertiary/aromatic N) is 1. The molecule has 0 aromatic heterocycles. The number of benzene rings is 1. The van der Waals surface area contributed by atoms with E-state index in [1.54, 1.807) is 0 Å². The van der Waals surface area contributed by atoms with E-state index < -0.39 is 0 Å². The van der Waals surface area contributed by atoms with E-state index in [9.17, 15) is 0 Å². The minimum atomic E-state index is 0.408. The first kappa shape index (κ1) is 9.91. The van der Waals surface area contributed by atoms with Gasteiger partial charge in [-0.05, 0) is 30.2 Å². The lowest BCUT2D eigenvalue weighted by atomic mass is 10.0. The zero-order chi connectivity index (χ0) is 11.0. The van der Waals surface area contributed by atoms with Crippen molar-refractivity contribution >= 4 is 23.2 Å². The maximum absolute atomic E-state index is 4.73. The number of para-hydroxylation sites is 1. The molecule has 3 rings (SSSR count). The van der Waals surface area contributed by atoms with E-state index in [4.69, 9.17) is 4.99 Å². The van der Waals surface area contributed by atoms with Crippen LogP contribution in [0.5, 0.6) is 0 Å². The molecule has 1 heterocycles. The molecule has 0 amide bonds. The Balaban J connectivity index is 2.06. The molecule has 1 atom stereocenters. The van der Waals surface area contributed by atoms with Gasteiger partial charge in [-0.3, -0.25) is 4.99 Å². The first-order valence-electron chi connectivity index (χ1n) is 5.60. The first-order valence-corrected chi connectivity index (χ1v) is 6.48. The standard InChI is InChI=1S/C14H13NS/c1-2-10-7-8-14-12(9-10)15-11-5-3-4-6-13(11)16-14/h3-9,14H,2H2,1H3. The van der Waals surface area contributed by atoms with Gasteiger partial charge >= 0.3 is 0 Å². The van der Waals surface area contributed by atoms with Crippen LogP contribution < -0.4 is 0 Å². The molecule has 0 N–H and O–H groups in total. The van der Waals surface area contributed by atoms with E-state index in [0.717, 1.165) is 12.1 Å². The second-order valence-electron chi connectivity index (χ2n) is 3.97. The topological polar surface area (TPSA) is 12.4 Å². The van der Waals surface area contributed by atoms with E-state index >= 15 is 0 Å². The summed E-state index contributed by atoms with van der Waals surface area (Å²) in [7, 11) is 0. The van der Waals surface area contributed by atoms with E-state index in [1.807, 2.05) is 17.8 Å². The summed E-state index contributed by atoms with van der Waals surface area (Å²) < 4.78 is 0. The highest BCUT2D eigenvalue weighted by atomic mass is 32.2. The van der Waals surface area contributed by atoms with Crippen molar-refractivity contribution in [3.63, 3.8) is 0 Å². The van der Waals surface area contributed by atoms with Gasteiger partial charge < -0.3 is 0 Å². The van der Waals surface area contributed by atoms with Crippen LogP contribution in [0.2, 0.25) is 0 Å². The molecule has 1 aliphatic carbocycles. The van der Waals surface area contributed by atoms with Crippen LogP contribution in [0.4, 0.5) is 5.69 Å². The monoisotopic (exact) mass is 227 g/mol. The highest BCUT2D eigenvalue weighted by Gasteiger charge is 2.22. The molecule has 1 unspecified atom stereocenters. The lowest BCUT2D eigenvalue weighted by Crippen LogP contribution is -2.18. The summed E-state index contributed by atoms with van der Waals surface area (Å²) >= 11 is 1.89. The van der Waals surface area contributed by atoms with Crippen molar-refractivity contribution in [2.45, 2.75) is 23.5 Å². The molecule has 1 aromatic carbocycles. The molecular formula is C14H13NS. The van der Waals surface area contributed by atoms with Gasteiger partial charge in [-0.15, -0.1) is 11.8 Å². The summed E-state index contributed by atoms with van der Waals surface area (Å²) in [5.41, 5.74) is 3.68. The van der Waals surface area contributed by atoms with Gasteiger partial charge in [0, 0.05) is 4.90 Å². The summed E-state index contributed by atoms with van der Waals surface area (Å²) in [6.07, 6.45) is 7.80. The van der Waals surface area contributed by atoms with Crippen molar-refractivity contribution in [1.82, 2.24) is 0 Å². The molecule has 0 spiro atoms. The maximum Gasteiger partial charge on any atom is 0.0769 e. The van der Waals surface area contributed by atoms with Gasteiger partial charge in [0.15, 0.2) is 0 Å². The van der Waals surface area contributed by atoms with Gasteiger partial charge in [0.25, 0.3) is 0 Å². The maximum atomic E-state index is 4.73. The molecule has 1 nitrogen and oxygen atoms in total. The molecule has 1 aromatic rings. The normalized spacial score (nSPS) is 21.9. The third-order valence-electron chi connectivity index (χ3n) is 2.89. The Bertz CT molecular complexity index is 511. The quantitative estimate of drug-likeness (QED) is 0.702. The highest BCUT2D eigenvalue weighted by molar-refractivity contribution is 8.01. The van der Waals surface area contributed by atoms with Gasteiger partial charge in [0.05, 0.1) is 16.6 Å². The first-order chi connectivity index (χ1) is 7.86. The van der Waals surface area contributed by atoms with Crippen molar-refractivity contribution in [3.05, 3.63) is 48.1 Å². The fraction of sp³-hybridized carbons (Fsp3) is 0.214. The Kier molecular flexibility index (Phi) is 2.44. The number of hydrogen-bond donors (Lipinski definition) is 0. The average molecular weight is 227 g/mol. The highest BCUT2D eigenvalue weighted by Crippen LogP contribution is 2.39. The summed E-state index contributed by atoms with van der Waals surface area (Å²) in [5.74, 6) is 0. The number of hydrogen-bond acceptors (Lipinski definition) is 2. The molecule has 0 radical (unpaired) electrons. The molecule has 16 heavy (non-hydrogen) atoms. The van der Waals surface area contributed by atoms with E-state index in [2.05, 4.69) is 43.4 Å². The molecule has 0 saturated heterocycles. The van der Waals surface area contributed by atoms with Gasteiger partial charge in [0.2, 0.25) is 0 Å². The summed E-state index contributed by atoms with van der Waals surface area (Å²) in [6, 6.07) is 8.36. The van der Waals surface area contributed by atoms with Crippen LogP contribution in [0.25, 0.3) is 0 Å². The fourth-order valence-electron chi connectivity index (χ4n) is 1.97. The Morgan fingerprint density at radius 1 is 1.31 bits per heavy atom. The number of aliphatic imine (C=N–C) groups is 1. The minimum absolute atomic E-state index is 0.408. The van der Waals surface area contributed by atoms with Crippen LogP contribution in [0.15, 0.2) is 58.0 Å². The predicted octanol–water partition coefficient (Wildman–Crippen LogP) is 4.14. The third kappa shape index (κ3) is 1.63. The van der Waals surface area contributed by atoms with Gasteiger partial charge in [-0.1, -0.05) is 31.2 Å². The van der Waals surface area contributed by atoms with Gasteiger partial charge in [-0.2, -0.15) is 0 Å². The molecule has 2 aliphatic rings. The average Bonchev–Trinajstić information content (AvgIpc) is 2.35. The molecule has 2 heteroatoms. The second kappa shape index (κ2) is 3.95. The largest absolute Gasteiger partial charge is 0.251 e. The summed E-state index contributed by atoms with van der Waals surface area (Å²) in [4.78, 5) is 6.02. The summed E-state index contributed by atoms with van der Waals surface area (Å²) in [6.45, 7) is 2.18. The molecule has 0 bridgehead atoms. The Morgan fingerprint density at radius 3 is 3.06 bits per heavy atom. The SMILES string of the molecule is CCC1=CC2=Nc3ccccc3SC2C=C1. The third-order valence-corrected chi connectivity index (χ3v) is 4.14. The van der Waals surface area contributed by atoms with Gasteiger partial charge in [0.1, 0.15) is 0 Å². The van der Waals surface area contributed by atoms with Crippen LogP contribution in [-0.4, -0.2) is 11.0 Å². The lowest BCUT2D eigenvalue weighted by molar-refractivity contribution is 1.13. The van der Waals surface area contributed by atoms with Crippen LogP contribution in [0, 0.1) is 0 Å². The Labute approximate surface area is 100.0 Å². The van der Waals surface area contributed by atoms with Crippen molar-refractivity contribution in [3.8, 4) is 0 Å². The molecule has 0 saturated carbocycles. The molecule has 1 aliphatic heterocycles. The van der Waals surface area contributed by atoms with Crippen molar-refractivity contribution in [2.75, 3.05) is 0 Å². The zero-order valence-corrected chi connectivity index (χ0v) is 10.00. The number of allylic oxidation sites excluding steroid dienone is 3. The lowest BCUT2D eigenvalue weighted by Gasteiger charge is -2.23. The molecule has 80 valence electrons. The van der Waals surface area contributed by atoms with E-state index in [-0.39, 0.29) is 0 Å². The molecular weight excluding hydrogens is 214 g/mol. The van der Waals surface area contributed by atoms with Gasteiger partial charge in [-0.25, -0.2) is 0 Å². The van der Waals surface area contributed by atoms with Crippen LogP contribution in [0.3, 0.4) is 0 Å². The Hall–Kier alpha value is -1.28. The van der Waals surface area contributed by atoms with Crippen molar-refractivity contribution in [1.29, 1.82) is 0 Å². The van der Waals surface area contributed by atoms with Crippen molar-refractivity contribution < 1.29 is 0 Å². The minimum Gasteiger partial charge on any atom is -0.251 e. The van der Waals surface area contributed by atoms with Crippen LogP contribution in [-0.2, 0) is 0 Å². The number of thioether (sulfide) groups is 1. The van der Waals surface area contributed by atoms with Crippen molar-refractivity contribution in [2.24, 2.45) is 4.99 Å². The van der Waals surface area contributed by atoms with Crippen LogP contribution in [0.1, 0.15) is 13.3 Å². The smallest absolute Gasteiger partial charge is 0.0769 e. The number of rotatable bonds is 1. The van der Waals surface area contributed by atoms with E-state index in [1.165, 1.54) is 16.2 Å². The zero-order valence-electron chi connectivity index (χ0n) is 9.18. The van der Waals surface area contributed by atoms with Crippen LogP contribution >= 0.6 is 11.8 Å².